The number of ether oxygens (including phenoxy) is 1. The van der Waals surface area contributed by atoms with E-state index in [4.69, 9.17) is 68.5 Å². The van der Waals surface area contributed by atoms with Crippen LogP contribution in [0.3, 0.4) is 0 Å². The van der Waals surface area contributed by atoms with Gasteiger partial charge >= 0.3 is 26.7 Å². The molecule has 14 nitrogen and oxygen atoms in total. The highest BCUT2D eigenvalue weighted by Crippen LogP contribution is 2.34. The molecule has 0 aliphatic heterocycles. The first-order chi connectivity index (χ1) is 21.3. The average Bonchev–Trinajstić information content (AvgIpc) is 2.92. The summed E-state index contributed by atoms with van der Waals surface area (Å²) in [5.74, 6) is 0.424. The fourth-order valence-corrected chi connectivity index (χ4v) is 5.11. The summed E-state index contributed by atoms with van der Waals surface area (Å²) in [6.45, 7) is 1.46. The van der Waals surface area contributed by atoms with Crippen LogP contribution in [0.15, 0.2) is 59.5 Å². The van der Waals surface area contributed by atoms with Gasteiger partial charge < -0.3 is 26.8 Å². The lowest BCUT2D eigenvalue weighted by Gasteiger charge is -2.15. The van der Waals surface area contributed by atoms with E-state index in [0.717, 1.165) is 6.07 Å². The Kier molecular flexibility index (Phi) is 12.0. The molecule has 4 aromatic rings. The number of hydrogen-bond donors (Lipinski definition) is 6. The Balaban J connectivity index is 0.00000107. The van der Waals surface area contributed by atoms with E-state index in [9.17, 15) is 17.1 Å². The van der Waals surface area contributed by atoms with Crippen molar-refractivity contribution in [2.75, 3.05) is 16.8 Å². The summed E-state index contributed by atoms with van der Waals surface area (Å²) in [5, 5.41) is 6.03. The molecule has 20 heteroatoms. The lowest BCUT2D eigenvalue weighted by molar-refractivity contribution is 0.251. The van der Waals surface area contributed by atoms with E-state index in [1.807, 2.05) is 0 Å². The summed E-state index contributed by atoms with van der Waals surface area (Å²) in [6, 6.07) is 13.1. The summed E-state index contributed by atoms with van der Waals surface area (Å²) >= 11 is 18.6. The van der Waals surface area contributed by atoms with Crippen LogP contribution in [0.1, 0.15) is 16.8 Å². The molecule has 0 saturated carbocycles. The second-order valence-corrected chi connectivity index (χ2v) is 12.6. The first-order valence-corrected chi connectivity index (χ1v) is 16.3. The van der Waals surface area contributed by atoms with Crippen LogP contribution in [-0.2, 0) is 33.8 Å². The van der Waals surface area contributed by atoms with Crippen molar-refractivity contribution in [2.45, 2.75) is 25.0 Å². The minimum Gasteiger partial charge on any atom is -0.486 e. The van der Waals surface area contributed by atoms with Gasteiger partial charge in [-0.3, -0.25) is 9.11 Å². The zero-order chi connectivity index (χ0) is 34.4. The van der Waals surface area contributed by atoms with Crippen LogP contribution in [0.2, 0.25) is 15.1 Å². The van der Waals surface area contributed by atoms with Crippen molar-refractivity contribution < 1.29 is 39.4 Å². The molecule has 0 aliphatic carbocycles. The normalized spacial score (nSPS) is 11.3. The number of anilines is 3. The van der Waals surface area contributed by atoms with Gasteiger partial charge in [0.2, 0.25) is 5.95 Å². The number of carbonyl (C=O) groups is 1. The van der Waals surface area contributed by atoms with Crippen molar-refractivity contribution in [3.8, 4) is 16.9 Å². The number of hydrogen-bond acceptors (Lipinski definition) is 10. The molecule has 46 heavy (non-hydrogen) atoms. The van der Waals surface area contributed by atoms with E-state index in [0.29, 0.717) is 38.2 Å². The van der Waals surface area contributed by atoms with Gasteiger partial charge in [-0.2, -0.15) is 21.8 Å². The number of aromatic nitrogens is 2. The monoisotopic (exact) mass is 736 g/mol. The number of nitrogen functional groups attached to an aromatic ring is 2. The maximum absolute atomic E-state index is 13.4. The lowest BCUT2D eigenvalue weighted by Crippen LogP contribution is -2.28. The Morgan fingerprint density at radius 3 is 2.22 bits per heavy atom. The average molecular weight is 738 g/mol. The van der Waals surface area contributed by atoms with Crippen molar-refractivity contribution in [1.29, 1.82) is 0 Å². The smallest absolute Gasteiger partial charge is 0.394 e. The minimum atomic E-state index is -4.93. The van der Waals surface area contributed by atoms with Gasteiger partial charge in [-0.05, 0) is 60.0 Å². The number of aryl methyl sites for hydroxylation is 1. The van der Waals surface area contributed by atoms with Gasteiger partial charge in [-0.1, -0.05) is 53.0 Å². The highest BCUT2D eigenvalue weighted by atomic mass is 35.5. The highest BCUT2D eigenvalue weighted by Gasteiger charge is 2.18. The Hall–Kier alpha value is -3.97. The minimum absolute atomic E-state index is 0.0381. The van der Waals surface area contributed by atoms with Crippen LogP contribution in [0.25, 0.3) is 11.1 Å². The number of amides is 2. The predicted molar refractivity (Wildman–Crippen MR) is 172 cm³/mol. The van der Waals surface area contributed by atoms with Gasteiger partial charge in [0.25, 0.3) is 0 Å². The number of halogens is 4. The molecule has 3 aromatic carbocycles. The van der Waals surface area contributed by atoms with Crippen LogP contribution >= 0.6 is 34.8 Å². The number of carbonyl (C=O) groups excluding carboxylic acids is 1. The molecule has 0 saturated heterocycles. The molecule has 4 rings (SSSR count). The van der Waals surface area contributed by atoms with E-state index < -0.39 is 31.5 Å². The number of rotatable bonds is 8. The zero-order valence-corrected chi connectivity index (χ0v) is 27.2. The molecule has 0 bridgehead atoms. The molecule has 0 unspecified atom stereocenters. The Morgan fingerprint density at radius 2 is 1.61 bits per heavy atom. The van der Waals surface area contributed by atoms with Crippen molar-refractivity contribution in [3.63, 3.8) is 0 Å². The topological polar surface area (TPSA) is 237 Å². The largest absolute Gasteiger partial charge is 0.486 e. The quantitative estimate of drug-likeness (QED) is 0.0974. The van der Waals surface area contributed by atoms with Crippen LogP contribution in [0.4, 0.5) is 26.1 Å². The fourth-order valence-electron chi connectivity index (χ4n) is 3.83. The molecular formula is C26H24Cl3FN6O8S2. The van der Waals surface area contributed by atoms with E-state index in [2.05, 4.69) is 20.6 Å². The van der Waals surface area contributed by atoms with Crippen molar-refractivity contribution in [3.05, 3.63) is 86.5 Å². The van der Waals surface area contributed by atoms with Crippen LogP contribution < -0.4 is 26.8 Å². The van der Waals surface area contributed by atoms with Crippen molar-refractivity contribution >= 4 is 78.9 Å². The van der Waals surface area contributed by atoms with E-state index in [1.165, 1.54) is 19.1 Å². The number of urea groups is 1. The van der Waals surface area contributed by atoms with Crippen molar-refractivity contribution in [2.24, 2.45) is 0 Å². The first kappa shape index (κ1) is 36.5. The predicted octanol–water partition coefficient (Wildman–Crippen LogP) is 5.48. The summed E-state index contributed by atoms with van der Waals surface area (Å²) in [6.07, 6.45) is 0. The molecule has 2 amide bonds. The summed E-state index contributed by atoms with van der Waals surface area (Å²) in [7, 11) is -9.60. The second-order valence-electron chi connectivity index (χ2n) is 9.14. The molecule has 0 aliphatic rings. The van der Waals surface area contributed by atoms with Crippen LogP contribution in [0, 0.1) is 6.92 Å². The molecule has 0 fully saturated rings. The van der Waals surface area contributed by atoms with Crippen molar-refractivity contribution in [1.82, 2.24) is 15.3 Å². The Morgan fingerprint density at radius 1 is 0.935 bits per heavy atom. The first-order valence-electron chi connectivity index (χ1n) is 12.4. The second kappa shape index (κ2) is 15.1. The van der Waals surface area contributed by atoms with E-state index in [1.54, 1.807) is 36.4 Å². The van der Waals surface area contributed by atoms with Gasteiger partial charge in [-0.25, -0.2) is 9.78 Å². The van der Waals surface area contributed by atoms with Gasteiger partial charge in [0.15, 0.2) is 0 Å². The molecule has 0 atom stereocenters. The van der Waals surface area contributed by atoms with Crippen LogP contribution in [-0.4, -0.2) is 41.9 Å². The molecule has 246 valence electrons. The molecular weight excluding hydrogens is 714 g/mol. The van der Waals surface area contributed by atoms with Gasteiger partial charge in [-0.15, -0.1) is 3.89 Å². The highest BCUT2D eigenvalue weighted by molar-refractivity contribution is 7.86. The van der Waals surface area contributed by atoms with E-state index >= 15 is 0 Å². The SMILES string of the molecule is Cc1ccc(NC(=O)NCc2ccc(OCc3nc(N)nc(N)c3-c3ccc(Cl)c(Cl)c3)c(Cl)c2)cc1S(=O)(=O)F.O=S(=O)(O)O. The summed E-state index contributed by atoms with van der Waals surface area (Å²) < 4.78 is 73.5. The third kappa shape index (κ3) is 10.8. The molecule has 8 N–H and O–H groups in total. The van der Waals surface area contributed by atoms with Gasteiger partial charge in [0.05, 0.1) is 20.8 Å². The number of nitrogens with one attached hydrogen (secondary N) is 2. The number of nitrogens with zero attached hydrogens (tertiary/aromatic N) is 2. The molecule has 0 spiro atoms. The van der Waals surface area contributed by atoms with Gasteiger partial charge in [0, 0.05) is 17.8 Å². The number of benzene rings is 3. The van der Waals surface area contributed by atoms with Gasteiger partial charge in [0.1, 0.15) is 23.1 Å². The fraction of sp³-hybridized carbons (Fsp3) is 0.115. The standard InChI is InChI=1S/C26H22Cl3FN6O4S.H2O4S/c1-13-2-5-16(10-22(13)41(30,38)39)34-26(37)33-11-14-3-7-21(19(29)8-14)40-12-20-23(24(31)36-25(32)35-20)15-4-6-17(27)18(28)9-15;1-5(2,3)4/h2-10H,11-12H2,1H3,(H2,33,34,37)(H4,31,32,35,36);(H2,1,2,3,4). The molecule has 1 heterocycles. The Labute approximate surface area is 277 Å². The van der Waals surface area contributed by atoms with E-state index in [-0.39, 0.29) is 41.2 Å². The molecule has 0 radical (unpaired) electrons. The summed E-state index contributed by atoms with van der Waals surface area (Å²) in [5.41, 5.74) is 14.4. The summed E-state index contributed by atoms with van der Waals surface area (Å²) in [4.78, 5) is 20.1. The maximum atomic E-state index is 13.4. The zero-order valence-electron chi connectivity index (χ0n) is 23.3. The Bertz CT molecular complexity index is 2000. The third-order valence-corrected chi connectivity index (χ3v) is 7.76. The van der Waals surface area contributed by atoms with Crippen LogP contribution in [0.5, 0.6) is 5.75 Å². The maximum Gasteiger partial charge on any atom is 0.394 e. The molecule has 1 aromatic heterocycles. The lowest BCUT2D eigenvalue weighted by atomic mass is 10.0. The number of nitrogens with two attached hydrogens (primary N) is 2. The third-order valence-electron chi connectivity index (χ3n) is 5.76.